The second-order valence-electron chi connectivity index (χ2n) is 12.5. The first-order chi connectivity index (χ1) is 23.6. The smallest absolute Gasteiger partial charge is 0.303 e. The number of aryl methyl sites for hydroxylation is 1. The van der Waals surface area contributed by atoms with Gasteiger partial charge in [0.15, 0.2) is 24.6 Å². The lowest BCUT2D eigenvalue weighted by Crippen LogP contribution is -2.63. The summed E-state index contributed by atoms with van der Waals surface area (Å²) in [6, 6.07) is 6.43. The number of esters is 4. The molecule has 0 aliphatic carbocycles. The molecule has 0 bridgehead atoms. The van der Waals surface area contributed by atoms with Crippen LogP contribution in [0.2, 0.25) is 0 Å². The van der Waals surface area contributed by atoms with Crippen molar-refractivity contribution in [2.45, 2.75) is 130 Å². The Morgan fingerprint density at radius 2 is 1.44 bits per heavy atom. The van der Waals surface area contributed by atoms with Gasteiger partial charge in [-0.3, -0.25) is 19.2 Å². The third-order valence-corrected chi connectivity index (χ3v) is 9.22. The van der Waals surface area contributed by atoms with Crippen LogP contribution in [0.5, 0.6) is 0 Å². The molecule has 0 spiro atoms. The molecule has 1 aliphatic heterocycles. The molecule has 1 aromatic rings. The van der Waals surface area contributed by atoms with E-state index >= 15 is 0 Å². The number of rotatable bonds is 19. The molecule has 0 saturated carbocycles. The van der Waals surface area contributed by atoms with E-state index in [1.807, 2.05) is 18.7 Å². The Morgan fingerprint density at radius 1 is 0.840 bits per heavy atom. The van der Waals surface area contributed by atoms with Gasteiger partial charge >= 0.3 is 23.9 Å². The van der Waals surface area contributed by atoms with Crippen LogP contribution in [-0.4, -0.2) is 100 Å². The van der Waals surface area contributed by atoms with Crippen LogP contribution in [0.3, 0.4) is 0 Å². The maximum absolute atomic E-state index is 13.6. The standard InChI is InChI=1S/C35H54N2O12S/c1-9-11-12-23(3)17-20-37(19-10-2)31(36-50(42,43)29-15-13-24(4)14-16-29)18-21-44-35-34(48-28(8)41)33(47-27(7)40)32(46-26(6)39)30(49-35)22-45-25(5)38/h13-16,23,30,32-35H,9-12,17-22H2,1-8H3/b36-31+/t23?,30-,32-,33+,34-,35-/m1/s1. The van der Waals surface area contributed by atoms with E-state index in [4.69, 9.17) is 28.4 Å². The Bertz CT molecular complexity index is 1400. The van der Waals surface area contributed by atoms with Crippen molar-refractivity contribution in [1.29, 1.82) is 0 Å². The highest BCUT2D eigenvalue weighted by Gasteiger charge is 2.52. The number of unbranched alkanes of at least 4 members (excludes halogenated alkanes) is 1. The molecule has 0 amide bonds. The van der Waals surface area contributed by atoms with Crippen molar-refractivity contribution in [2.24, 2.45) is 10.3 Å². The van der Waals surface area contributed by atoms with Crippen LogP contribution < -0.4 is 0 Å². The van der Waals surface area contributed by atoms with Gasteiger partial charge in [0, 0.05) is 47.2 Å². The summed E-state index contributed by atoms with van der Waals surface area (Å²) in [7, 11) is -4.10. The van der Waals surface area contributed by atoms with Crippen LogP contribution >= 0.6 is 0 Å². The number of hydrogen-bond acceptors (Lipinski definition) is 12. The van der Waals surface area contributed by atoms with Crippen molar-refractivity contribution < 1.29 is 56.0 Å². The minimum absolute atomic E-state index is 0.0152. The SMILES string of the molecule is CCCCC(C)CCN(CCC)/C(CCO[C@@H]1O[C@H](COC(C)=O)[C@@H](OC(C)=O)[C@H](OC(C)=O)[C@H]1OC(C)=O)=N/S(=O)(=O)c1ccc(C)cc1. The monoisotopic (exact) mass is 726 g/mol. The lowest BCUT2D eigenvalue weighted by Gasteiger charge is -2.44. The Morgan fingerprint density at radius 3 is 2.00 bits per heavy atom. The fourth-order valence-corrected chi connectivity index (χ4v) is 6.54. The molecule has 2 rings (SSSR count). The lowest BCUT2D eigenvalue weighted by molar-refractivity contribution is -0.307. The van der Waals surface area contributed by atoms with E-state index in [-0.39, 0.29) is 23.8 Å². The molecule has 1 aliphatic rings. The van der Waals surface area contributed by atoms with E-state index in [9.17, 15) is 27.6 Å². The van der Waals surface area contributed by atoms with Gasteiger partial charge in [0.05, 0.1) is 11.5 Å². The molecule has 282 valence electrons. The van der Waals surface area contributed by atoms with Gasteiger partial charge in [-0.1, -0.05) is 57.7 Å². The van der Waals surface area contributed by atoms with Crippen molar-refractivity contribution in [1.82, 2.24) is 4.90 Å². The van der Waals surface area contributed by atoms with Gasteiger partial charge in [0.25, 0.3) is 10.0 Å². The summed E-state index contributed by atoms with van der Waals surface area (Å²) in [5.74, 6) is -2.23. The topological polar surface area (TPSA) is 173 Å². The maximum atomic E-state index is 13.6. The molecule has 0 N–H and O–H groups in total. The van der Waals surface area contributed by atoms with Crippen molar-refractivity contribution in [3.05, 3.63) is 29.8 Å². The van der Waals surface area contributed by atoms with Crippen LogP contribution in [0, 0.1) is 12.8 Å². The highest BCUT2D eigenvalue weighted by Crippen LogP contribution is 2.30. The molecule has 1 fully saturated rings. The van der Waals surface area contributed by atoms with Gasteiger partial charge in [-0.25, -0.2) is 0 Å². The summed E-state index contributed by atoms with van der Waals surface area (Å²) < 4.78 is 65.1. The van der Waals surface area contributed by atoms with E-state index in [2.05, 4.69) is 18.2 Å². The van der Waals surface area contributed by atoms with E-state index in [0.717, 1.165) is 58.4 Å². The van der Waals surface area contributed by atoms with Crippen molar-refractivity contribution in [2.75, 3.05) is 26.3 Å². The number of benzene rings is 1. The van der Waals surface area contributed by atoms with Gasteiger partial charge in [-0.15, -0.1) is 4.40 Å². The average Bonchev–Trinajstić information content (AvgIpc) is 3.02. The van der Waals surface area contributed by atoms with Gasteiger partial charge in [0.1, 0.15) is 18.5 Å². The van der Waals surface area contributed by atoms with Gasteiger partial charge in [-0.2, -0.15) is 8.42 Å². The summed E-state index contributed by atoms with van der Waals surface area (Å²) in [4.78, 5) is 50.1. The third kappa shape index (κ3) is 14.4. The molecule has 1 aromatic carbocycles. The fourth-order valence-electron chi connectivity index (χ4n) is 5.47. The highest BCUT2D eigenvalue weighted by molar-refractivity contribution is 7.90. The van der Waals surface area contributed by atoms with Crippen molar-refractivity contribution >= 4 is 39.7 Å². The van der Waals surface area contributed by atoms with Gasteiger partial charge < -0.3 is 33.3 Å². The molecule has 1 unspecified atom stereocenters. The number of ether oxygens (including phenoxy) is 6. The summed E-state index contributed by atoms with van der Waals surface area (Å²) in [6.45, 7) is 13.3. The third-order valence-electron chi connectivity index (χ3n) is 7.90. The van der Waals surface area contributed by atoms with E-state index in [1.165, 1.54) is 19.1 Å². The first kappa shape index (κ1) is 42.6. The molecule has 50 heavy (non-hydrogen) atoms. The van der Waals surface area contributed by atoms with E-state index in [1.54, 1.807) is 12.1 Å². The average molecular weight is 727 g/mol. The molecular weight excluding hydrogens is 672 g/mol. The quantitative estimate of drug-likeness (QED) is 0.0845. The summed E-state index contributed by atoms with van der Waals surface area (Å²) in [5.41, 5.74) is 0.903. The number of carbonyl (C=O) groups excluding carboxylic acids is 4. The summed E-state index contributed by atoms with van der Waals surface area (Å²) >= 11 is 0. The zero-order chi connectivity index (χ0) is 37.4. The van der Waals surface area contributed by atoms with E-state index < -0.39 is 71.2 Å². The molecule has 6 atom stereocenters. The molecule has 1 saturated heterocycles. The van der Waals surface area contributed by atoms with Crippen LogP contribution in [0.15, 0.2) is 33.6 Å². The zero-order valence-electron chi connectivity index (χ0n) is 30.5. The first-order valence-electron chi connectivity index (χ1n) is 17.1. The fraction of sp³-hybridized carbons (Fsp3) is 0.686. The largest absolute Gasteiger partial charge is 0.463 e. The predicted octanol–water partition coefficient (Wildman–Crippen LogP) is 4.50. The highest BCUT2D eigenvalue weighted by atomic mass is 32.2. The summed E-state index contributed by atoms with van der Waals surface area (Å²) in [5, 5.41) is 0. The number of nitrogens with zero attached hydrogens (tertiary/aromatic N) is 2. The minimum atomic E-state index is -4.10. The van der Waals surface area contributed by atoms with E-state index in [0.29, 0.717) is 19.0 Å². The summed E-state index contributed by atoms with van der Waals surface area (Å²) in [6.07, 6.45) is -1.91. The Hall–Kier alpha value is -3.56. The maximum Gasteiger partial charge on any atom is 0.303 e. The van der Waals surface area contributed by atoms with Crippen LogP contribution in [-0.2, 0) is 57.6 Å². The van der Waals surface area contributed by atoms with Gasteiger partial charge in [0.2, 0.25) is 0 Å². The molecule has 15 heteroatoms. The second kappa shape index (κ2) is 21.0. The van der Waals surface area contributed by atoms with Crippen LogP contribution in [0.1, 0.15) is 92.6 Å². The molecule has 0 aromatic heterocycles. The molecule has 14 nitrogen and oxygen atoms in total. The Balaban J connectivity index is 2.48. The molecule has 1 heterocycles. The number of hydrogen-bond donors (Lipinski definition) is 0. The van der Waals surface area contributed by atoms with Crippen LogP contribution in [0.4, 0.5) is 0 Å². The van der Waals surface area contributed by atoms with Crippen molar-refractivity contribution in [3.63, 3.8) is 0 Å². The Kier molecular flexibility index (Phi) is 17.9. The van der Waals surface area contributed by atoms with Crippen LogP contribution in [0.25, 0.3) is 0 Å². The number of amidine groups is 1. The Labute approximate surface area is 296 Å². The second-order valence-corrected chi connectivity index (χ2v) is 14.1. The normalized spacial score (nSPS) is 21.5. The van der Waals surface area contributed by atoms with Gasteiger partial charge in [-0.05, 0) is 37.8 Å². The zero-order valence-corrected chi connectivity index (χ0v) is 31.4. The van der Waals surface area contributed by atoms with Crippen molar-refractivity contribution in [3.8, 4) is 0 Å². The molecule has 0 radical (unpaired) electrons. The predicted molar refractivity (Wildman–Crippen MR) is 183 cm³/mol. The first-order valence-corrected chi connectivity index (χ1v) is 18.6. The minimum Gasteiger partial charge on any atom is -0.463 e. The molecular formula is C35H54N2O12S. The number of carbonyl (C=O) groups is 4. The number of sulfonamides is 1. The lowest BCUT2D eigenvalue weighted by atomic mass is 9.98.